The Balaban J connectivity index is 2.75. The van der Waals surface area contributed by atoms with Crippen LogP contribution in [0.2, 0.25) is 0 Å². The Kier molecular flexibility index (Phi) is 4.89. The normalized spacial score (nSPS) is 13.5. The van der Waals surface area contributed by atoms with E-state index < -0.39 is 0 Å². The number of nitrogens with one attached hydrogen (secondary N) is 1. The van der Waals surface area contributed by atoms with Gasteiger partial charge in [0.25, 0.3) is 5.91 Å². The summed E-state index contributed by atoms with van der Waals surface area (Å²) in [7, 11) is 0. The van der Waals surface area contributed by atoms with Crippen LogP contribution in [0.15, 0.2) is 0 Å². The zero-order chi connectivity index (χ0) is 13.1. The van der Waals surface area contributed by atoms with Gasteiger partial charge in [0.1, 0.15) is 4.88 Å². The van der Waals surface area contributed by atoms with Crippen molar-refractivity contribution >= 4 is 29.0 Å². The lowest BCUT2D eigenvalue weighted by atomic mass is 9.85. The molecule has 0 bridgehead atoms. The molecular formula is C11H18ClN3OS. The second-order valence-corrected chi connectivity index (χ2v) is 6.19. The number of hydrogen-bond acceptors (Lipinski definition) is 4. The maximum absolute atomic E-state index is 12.0. The third-order valence-corrected chi connectivity index (χ3v) is 3.65. The minimum atomic E-state index is -0.109. The molecule has 1 aromatic heterocycles. The van der Waals surface area contributed by atoms with Crippen molar-refractivity contribution in [2.75, 3.05) is 5.88 Å². The van der Waals surface area contributed by atoms with Crippen LogP contribution in [0, 0.1) is 12.3 Å². The van der Waals surface area contributed by atoms with E-state index in [-0.39, 0.29) is 17.4 Å². The first-order valence-corrected chi connectivity index (χ1v) is 6.83. The lowest BCUT2D eigenvalue weighted by Gasteiger charge is -2.30. The summed E-state index contributed by atoms with van der Waals surface area (Å²) in [4.78, 5) is 12.6. The maximum atomic E-state index is 12.0. The number of nitrogens with zero attached hydrogens (tertiary/aromatic N) is 2. The van der Waals surface area contributed by atoms with Crippen LogP contribution in [0.3, 0.4) is 0 Å². The Morgan fingerprint density at radius 3 is 2.59 bits per heavy atom. The predicted molar refractivity (Wildman–Crippen MR) is 70.7 cm³/mol. The molecule has 1 rings (SSSR count). The Morgan fingerprint density at radius 1 is 1.53 bits per heavy atom. The van der Waals surface area contributed by atoms with Gasteiger partial charge in [-0.2, -0.15) is 0 Å². The summed E-state index contributed by atoms with van der Waals surface area (Å²) in [6.45, 7) is 8.04. The van der Waals surface area contributed by atoms with Crippen molar-refractivity contribution in [3.05, 3.63) is 10.6 Å². The fourth-order valence-electron chi connectivity index (χ4n) is 1.49. The maximum Gasteiger partial charge on any atom is 0.265 e. The van der Waals surface area contributed by atoms with E-state index in [0.717, 1.165) is 18.0 Å². The molecule has 0 aliphatic heterocycles. The predicted octanol–water partition coefficient (Wildman–Crippen LogP) is 2.62. The van der Waals surface area contributed by atoms with E-state index in [1.54, 1.807) is 6.92 Å². The average Bonchev–Trinajstić information content (AvgIpc) is 2.62. The van der Waals surface area contributed by atoms with Crippen LogP contribution >= 0.6 is 23.1 Å². The van der Waals surface area contributed by atoms with E-state index in [1.165, 1.54) is 0 Å². The number of aromatic nitrogens is 2. The molecule has 0 fully saturated rings. The molecule has 0 aromatic carbocycles. The smallest absolute Gasteiger partial charge is 0.265 e. The van der Waals surface area contributed by atoms with Gasteiger partial charge >= 0.3 is 0 Å². The molecular weight excluding hydrogens is 258 g/mol. The highest BCUT2D eigenvalue weighted by Crippen LogP contribution is 2.23. The zero-order valence-corrected chi connectivity index (χ0v) is 12.2. The molecule has 1 atom stereocenters. The summed E-state index contributed by atoms with van der Waals surface area (Å²) in [5, 5.41) is 6.84. The summed E-state index contributed by atoms with van der Waals surface area (Å²) < 4.78 is 3.76. The van der Waals surface area contributed by atoms with Gasteiger partial charge in [0.05, 0.1) is 5.69 Å². The lowest BCUT2D eigenvalue weighted by molar-refractivity contribution is 0.0904. The van der Waals surface area contributed by atoms with E-state index in [9.17, 15) is 4.79 Å². The van der Waals surface area contributed by atoms with Gasteiger partial charge in [0.15, 0.2) is 0 Å². The summed E-state index contributed by atoms with van der Waals surface area (Å²) in [5.74, 6) is 0.421. The van der Waals surface area contributed by atoms with Crippen LogP contribution in [0.1, 0.15) is 42.6 Å². The van der Waals surface area contributed by atoms with E-state index in [1.807, 2.05) is 0 Å². The van der Waals surface area contributed by atoms with Gasteiger partial charge in [0, 0.05) is 11.9 Å². The number of hydrogen-bond donors (Lipinski definition) is 1. The number of halogens is 1. The molecule has 96 valence electrons. The molecule has 0 saturated heterocycles. The van der Waals surface area contributed by atoms with Gasteiger partial charge in [0.2, 0.25) is 0 Å². The van der Waals surface area contributed by atoms with E-state index >= 15 is 0 Å². The number of rotatable bonds is 4. The summed E-state index contributed by atoms with van der Waals surface area (Å²) in [5.41, 5.74) is 0.655. The molecule has 0 aliphatic carbocycles. The van der Waals surface area contributed by atoms with Crippen LogP contribution in [0.25, 0.3) is 0 Å². The van der Waals surface area contributed by atoms with Crippen molar-refractivity contribution in [3.8, 4) is 0 Å². The molecule has 1 unspecified atom stereocenters. The van der Waals surface area contributed by atoms with Crippen molar-refractivity contribution in [2.24, 2.45) is 5.41 Å². The molecule has 1 heterocycles. The third-order valence-electron chi connectivity index (χ3n) is 2.61. The van der Waals surface area contributed by atoms with Crippen LogP contribution in [-0.2, 0) is 0 Å². The number of alkyl halides is 1. The first-order valence-electron chi connectivity index (χ1n) is 5.52. The highest BCUT2D eigenvalue weighted by atomic mass is 35.5. The number of carbonyl (C=O) groups excluding carboxylic acids is 1. The van der Waals surface area contributed by atoms with Crippen molar-refractivity contribution in [3.63, 3.8) is 0 Å². The fraction of sp³-hybridized carbons (Fsp3) is 0.727. The Bertz CT molecular complexity index is 386. The van der Waals surface area contributed by atoms with E-state index in [2.05, 4.69) is 35.7 Å². The zero-order valence-electron chi connectivity index (χ0n) is 10.6. The molecule has 6 heteroatoms. The minimum Gasteiger partial charge on any atom is -0.348 e. The lowest BCUT2D eigenvalue weighted by Crippen LogP contribution is -2.44. The largest absolute Gasteiger partial charge is 0.348 e. The fourth-order valence-corrected chi connectivity index (χ4v) is 2.27. The summed E-state index contributed by atoms with van der Waals surface area (Å²) in [6.07, 6.45) is 0.752. The van der Waals surface area contributed by atoms with E-state index in [4.69, 9.17) is 11.6 Å². The quantitative estimate of drug-likeness (QED) is 0.860. The third kappa shape index (κ3) is 3.92. The molecule has 0 saturated carbocycles. The Labute approximate surface area is 111 Å². The molecule has 17 heavy (non-hydrogen) atoms. The minimum absolute atomic E-state index is 0.0173. The van der Waals surface area contributed by atoms with Gasteiger partial charge in [-0.1, -0.05) is 25.3 Å². The molecule has 1 aromatic rings. The van der Waals surface area contributed by atoms with Crippen molar-refractivity contribution in [2.45, 2.75) is 40.2 Å². The summed E-state index contributed by atoms with van der Waals surface area (Å²) >= 11 is 6.89. The molecule has 1 amide bonds. The van der Waals surface area contributed by atoms with Gasteiger partial charge in [-0.05, 0) is 30.3 Å². The highest BCUT2D eigenvalue weighted by molar-refractivity contribution is 7.08. The van der Waals surface area contributed by atoms with Crippen molar-refractivity contribution < 1.29 is 4.79 Å². The topological polar surface area (TPSA) is 54.9 Å². The van der Waals surface area contributed by atoms with Gasteiger partial charge < -0.3 is 5.32 Å². The monoisotopic (exact) mass is 275 g/mol. The molecule has 0 aliphatic rings. The SMILES string of the molecule is Cc1nnsc1C(=O)NC(CCCl)C(C)(C)C. The number of amides is 1. The molecule has 0 radical (unpaired) electrons. The average molecular weight is 276 g/mol. The second-order valence-electron chi connectivity index (χ2n) is 5.06. The molecule has 0 spiro atoms. The van der Waals surface area contributed by atoms with Crippen LogP contribution in [-0.4, -0.2) is 27.4 Å². The van der Waals surface area contributed by atoms with Crippen LogP contribution < -0.4 is 5.32 Å². The number of aryl methyl sites for hydroxylation is 1. The van der Waals surface area contributed by atoms with Gasteiger partial charge in [-0.25, -0.2) is 0 Å². The Hall–Kier alpha value is -0.680. The number of carbonyl (C=O) groups is 1. The van der Waals surface area contributed by atoms with Gasteiger partial charge in [-0.15, -0.1) is 16.7 Å². The Morgan fingerprint density at radius 2 is 2.18 bits per heavy atom. The van der Waals surface area contributed by atoms with Crippen molar-refractivity contribution in [1.29, 1.82) is 0 Å². The van der Waals surface area contributed by atoms with Gasteiger partial charge in [-0.3, -0.25) is 4.79 Å². The molecule has 1 N–H and O–H groups in total. The first kappa shape index (κ1) is 14.4. The first-order chi connectivity index (χ1) is 7.86. The van der Waals surface area contributed by atoms with Crippen molar-refractivity contribution in [1.82, 2.24) is 14.9 Å². The molecule has 4 nitrogen and oxygen atoms in total. The summed E-state index contributed by atoms with van der Waals surface area (Å²) in [6, 6.07) is 0.0500. The second kappa shape index (κ2) is 5.78. The van der Waals surface area contributed by atoms with Crippen LogP contribution in [0.4, 0.5) is 0 Å². The van der Waals surface area contributed by atoms with E-state index in [0.29, 0.717) is 16.5 Å². The van der Waals surface area contributed by atoms with Crippen LogP contribution in [0.5, 0.6) is 0 Å². The standard InChI is InChI=1S/C11H18ClN3OS/c1-7-9(17-15-14-7)10(16)13-8(5-6-12)11(2,3)4/h8H,5-6H2,1-4H3,(H,13,16). The highest BCUT2D eigenvalue weighted by Gasteiger charge is 2.27.